The quantitative estimate of drug-likeness (QED) is 0.683. The highest BCUT2D eigenvalue weighted by molar-refractivity contribution is 7.89. The maximum atomic E-state index is 12.2. The molecule has 0 N–H and O–H groups in total. The van der Waals surface area contributed by atoms with Crippen molar-refractivity contribution in [3.05, 3.63) is 65.2 Å². The minimum atomic E-state index is -3.80. The van der Waals surface area contributed by atoms with E-state index in [0.29, 0.717) is 10.6 Å². The lowest BCUT2D eigenvalue weighted by Gasteiger charge is -1.99. The molecule has 0 saturated carbocycles. The van der Waals surface area contributed by atoms with Crippen molar-refractivity contribution in [1.82, 2.24) is 4.98 Å². The summed E-state index contributed by atoms with van der Waals surface area (Å²) < 4.78 is 28.9. The molecule has 0 atom stereocenters. The average molecular weight is 341 g/mol. The van der Waals surface area contributed by atoms with Crippen molar-refractivity contribution < 1.29 is 8.42 Å². The molecule has 0 radical (unpaired) electrons. The van der Waals surface area contributed by atoms with Gasteiger partial charge in [0.25, 0.3) is 10.0 Å². The molecule has 0 saturated heterocycles. The van der Waals surface area contributed by atoms with Gasteiger partial charge in [-0.1, -0.05) is 42.5 Å². The van der Waals surface area contributed by atoms with Crippen LogP contribution in [0.25, 0.3) is 10.2 Å². The number of hydrogen-bond acceptors (Lipinski definition) is 5. The number of fused-ring (bicyclic) bond motifs is 1. The van der Waals surface area contributed by atoms with E-state index < -0.39 is 10.0 Å². The maximum absolute atomic E-state index is 12.2. The minimum Gasteiger partial charge on any atom is -0.234 e. The first kappa shape index (κ1) is 15.3. The lowest BCUT2D eigenvalue weighted by molar-refractivity contribution is 0.597. The molecule has 0 aliphatic carbocycles. The van der Waals surface area contributed by atoms with Crippen molar-refractivity contribution in [2.75, 3.05) is 0 Å². The van der Waals surface area contributed by atoms with Crippen LogP contribution in [0.5, 0.6) is 0 Å². The van der Waals surface area contributed by atoms with Gasteiger partial charge in [0.05, 0.1) is 16.0 Å². The van der Waals surface area contributed by atoms with Gasteiger partial charge in [-0.2, -0.15) is 5.26 Å². The number of nitrogens with zero attached hydrogens (tertiary/aromatic N) is 3. The molecule has 2 aromatic carbocycles. The molecule has 7 heteroatoms. The normalized spacial score (nSPS) is 12.2. The topological polar surface area (TPSA) is 83.2 Å². The van der Waals surface area contributed by atoms with Gasteiger partial charge in [-0.25, -0.2) is 13.4 Å². The Bertz CT molecular complexity index is 983. The number of rotatable bonds is 4. The molecule has 114 valence electrons. The first-order chi connectivity index (χ1) is 11.1. The zero-order valence-electron chi connectivity index (χ0n) is 11.9. The van der Waals surface area contributed by atoms with Crippen LogP contribution >= 0.6 is 11.3 Å². The largest absolute Gasteiger partial charge is 0.258 e. The summed E-state index contributed by atoms with van der Waals surface area (Å²) in [5, 5.41) is 9.57. The highest BCUT2D eigenvalue weighted by Gasteiger charge is 2.16. The molecule has 0 fully saturated rings. The Morgan fingerprint density at radius 3 is 2.52 bits per heavy atom. The van der Waals surface area contributed by atoms with Crippen LogP contribution in [0.15, 0.2) is 59.0 Å². The molecule has 3 aromatic rings. The fourth-order valence-electron chi connectivity index (χ4n) is 2.04. The number of nitriles is 1. The van der Waals surface area contributed by atoms with Crippen LogP contribution in [0, 0.1) is 11.3 Å². The summed E-state index contributed by atoms with van der Waals surface area (Å²) in [6.07, 6.45) is 0. The zero-order valence-corrected chi connectivity index (χ0v) is 13.5. The van der Waals surface area contributed by atoms with Crippen LogP contribution < -0.4 is 0 Å². The second-order valence-corrected chi connectivity index (χ2v) is 7.42. The van der Waals surface area contributed by atoms with Gasteiger partial charge >= 0.3 is 0 Å². The van der Waals surface area contributed by atoms with Crippen molar-refractivity contribution >= 4 is 37.3 Å². The zero-order chi connectivity index (χ0) is 16.3. The lowest BCUT2D eigenvalue weighted by Crippen LogP contribution is -2.06. The molecular weight excluding hydrogens is 330 g/mol. The van der Waals surface area contributed by atoms with Crippen molar-refractivity contribution in [2.45, 2.75) is 5.75 Å². The van der Waals surface area contributed by atoms with Gasteiger partial charge in [0.2, 0.25) is 0 Å². The lowest BCUT2D eigenvalue weighted by atomic mass is 10.2. The van der Waals surface area contributed by atoms with E-state index in [9.17, 15) is 13.7 Å². The van der Waals surface area contributed by atoms with Crippen LogP contribution in [-0.4, -0.2) is 19.1 Å². The predicted molar refractivity (Wildman–Crippen MR) is 90.8 cm³/mol. The molecule has 5 nitrogen and oxygen atoms in total. The van der Waals surface area contributed by atoms with Crippen LogP contribution in [0.3, 0.4) is 0 Å². The SMILES string of the molecule is N#CC(=NS(=O)(=O)Cc1ccccc1)c1nc2ccccc2s1. The molecule has 0 bridgehead atoms. The first-order valence-electron chi connectivity index (χ1n) is 6.70. The van der Waals surface area contributed by atoms with Crippen molar-refractivity contribution in [3.63, 3.8) is 0 Å². The maximum Gasteiger partial charge on any atom is 0.258 e. The van der Waals surface area contributed by atoms with Gasteiger partial charge in [0.1, 0.15) is 6.07 Å². The van der Waals surface area contributed by atoms with Gasteiger partial charge in [-0.15, -0.1) is 15.7 Å². The monoisotopic (exact) mass is 341 g/mol. The second kappa shape index (κ2) is 6.28. The smallest absolute Gasteiger partial charge is 0.234 e. The Kier molecular flexibility index (Phi) is 4.19. The van der Waals surface area contributed by atoms with E-state index in [4.69, 9.17) is 0 Å². The van der Waals surface area contributed by atoms with Crippen LogP contribution in [0.2, 0.25) is 0 Å². The molecule has 1 heterocycles. The van der Waals surface area contributed by atoms with E-state index in [1.165, 1.54) is 11.3 Å². The van der Waals surface area contributed by atoms with Crippen molar-refractivity contribution in [2.24, 2.45) is 4.40 Å². The number of benzene rings is 2. The predicted octanol–water partition coefficient (Wildman–Crippen LogP) is 3.14. The highest BCUT2D eigenvalue weighted by Crippen LogP contribution is 2.22. The van der Waals surface area contributed by atoms with Gasteiger partial charge in [-0.05, 0) is 17.7 Å². The Morgan fingerprint density at radius 1 is 1.13 bits per heavy atom. The van der Waals surface area contributed by atoms with Crippen LogP contribution in [0.4, 0.5) is 0 Å². The molecule has 0 aliphatic rings. The van der Waals surface area contributed by atoms with Crippen LogP contribution in [-0.2, 0) is 15.8 Å². The third-order valence-corrected chi connectivity index (χ3v) is 5.23. The Labute approximate surface area is 137 Å². The molecule has 1 aromatic heterocycles. The van der Waals surface area contributed by atoms with E-state index in [2.05, 4.69) is 9.38 Å². The number of para-hydroxylation sites is 1. The molecule has 23 heavy (non-hydrogen) atoms. The number of aromatic nitrogens is 1. The summed E-state index contributed by atoms with van der Waals surface area (Å²) in [5.41, 5.74) is 1.16. The summed E-state index contributed by atoms with van der Waals surface area (Å²) in [5.74, 6) is -0.246. The third-order valence-electron chi connectivity index (χ3n) is 3.02. The second-order valence-electron chi connectivity index (χ2n) is 4.75. The average Bonchev–Trinajstić information content (AvgIpc) is 2.97. The Balaban J connectivity index is 1.96. The van der Waals surface area contributed by atoms with E-state index >= 15 is 0 Å². The fourth-order valence-corrected chi connectivity index (χ4v) is 4.08. The summed E-state index contributed by atoms with van der Waals surface area (Å²) in [6.45, 7) is 0. The standard InChI is InChI=1S/C16H11N3O2S2/c17-10-14(16-18-13-8-4-5-9-15(13)22-16)19-23(20,21)11-12-6-2-1-3-7-12/h1-9H,11H2. The van der Waals surface area contributed by atoms with E-state index in [1.807, 2.05) is 30.3 Å². The molecule has 3 rings (SSSR count). The molecular formula is C16H11N3O2S2. The van der Waals surface area contributed by atoms with Gasteiger partial charge in [0, 0.05) is 0 Å². The molecule has 0 aliphatic heterocycles. The molecule has 0 spiro atoms. The van der Waals surface area contributed by atoms with Gasteiger partial charge in [0.15, 0.2) is 10.7 Å². The highest BCUT2D eigenvalue weighted by atomic mass is 32.2. The van der Waals surface area contributed by atoms with E-state index in [0.717, 1.165) is 10.2 Å². The van der Waals surface area contributed by atoms with Crippen LogP contribution in [0.1, 0.15) is 10.6 Å². The number of hydrogen-bond donors (Lipinski definition) is 0. The number of thiazole rings is 1. The minimum absolute atomic E-state index is 0.179. The summed E-state index contributed by atoms with van der Waals surface area (Å²) in [7, 11) is -3.80. The van der Waals surface area contributed by atoms with Crippen molar-refractivity contribution in [3.8, 4) is 6.07 Å². The Hall–Kier alpha value is -2.56. The van der Waals surface area contributed by atoms with Gasteiger partial charge < -0.3 is 0 Å². The summed E-state index contributed by atoms with van der Waals surface area (Å²) in [4.78, 5) is 4.28. The fraction of sp³-hybridized carbons (Fsp3) is 0.0625. The first-order valence-corrected chi connectivity index (χ1v) is 9.12. The summed E-state index contributed by atoms with van der Waals surface area (Å²) >= 11 is 1.25. The summed E-state index contributed by atoms with van der Waals surface area (Å²) in [6, 6.07) is 17.9. The molecule has 0 unspecified atom stereocenters. The molecule has 0 amide bonds. The van der Waals surface area contributed by atoms with E-state index in [-0.39, 0.29) is 11.5 Å². The van der Waals surface area contributed by atoms with E-state index in [1.54, 1.807) is 30.3 Å². The third kappa shape index (κ3) is 3.62. The van der Waals surface area contributed by atoms with Gasteiger partial charge in [-0.3, -0.25) is 0 Å². The Morgan fingerprint density at radius 2 is 1.83 bits per heavy atom. The number of sulfonamides is 1. The van der Waals surface area contributed by atoms with Crippen molar-refractivity contribution in [1.29, 1.82) is 5.26 Å².